The van der Waals surface area contributed by atoms with Gasteiger partial charge in [0.25, 0.3) is 0 Å². The van der Waals surface area contributed by atoms with Crippen LogP contribution in [0.1, 0.15) is 52.9 Å². The molecule has 0 aromatic rings. The molecule has 0 amide bonds. The van der Waals surface area contributed by atoms with Crippen LogP contribution in [0.2, 0.25) is 0 Å². The van der Waals surface area contributed by atoms with E-state index in [1.807, 2.05) is 0 Å². The quantitative estimate of drug-likeness (QED) is 0.734. The summed E-state index contributed by atoms with van der Waals surface area (Å²) in [6.45, 7) is 5.30. The lowest BCUT2D eigenvalue weighted by molar-refractivity contribution is 0.356. The highest BCUT2D eigenvalue weighted by molar-refractivity contribution is 7.92. The third-order valence-corrected chi connectivity index (χ3v) is 6.72. The molecule has 2 unspecified atom stereocenters. The highest BCUT2D eigenvalue weighted by Gasteiger charge is 2.31. The van der Waals surface area contributed by atoms with E-state index < -0.39 is 14.6 Å². The summed E-state index contributed by atoms with van der Waals surface area (Å²) in [4.78, 5) is 0. The van der Waals surface area contributed by atoms with E-state index in [2.05, 4.69) is 0 Å². The molecule has 1 saturated carbocycles. The van der Waals surface area contributed by atoms with Crippen LogP contribution >= 0.6 is 11.6 Å². The number of alkyl halides is 1. The van der Waals surface area contributed by atoms with Crippen molar-refractivity contribution in [3.8, 4) is 0 Å². The molecule has 0 saturated heterocycles. The van der Waals surface area contributed by atoms with Gasteiger partial charge in [0.15, 0.2) is 9.84 Å². The minimum Gasteiger partial charge on any atom is -0.228 e. The molecule has 1 rings (SSSR count). The minimum atomic E-state index is -2.98. The van der Waals surface area contributed by atoms with E-state index >= 15 is 0 Å². The minimum absolute atomic E-state index is 0.184. The first-order valence-electron chi connectivity index (χ1n) is 6.10. The fraction of sp³-hybridized carbons (Fsp3) is 1.00. The summed E-state index contributed by atoms with van der Waals surface area (Å²) in [7, 11) is -2.98. The van der Waals surface area contributed by atoms with Crippen molar-refractivity contribution in [2.24, 2.45) is 5.92 Å². The highest BCUT2D eigenvalue weighted by Crippen LogP contribution is 2.32. The Kier molecular flexibility index (Phi) is 4.70. The maximum atomic E-state index is 12.0. The Balaban J connectivity index is 2.51. The Morgan fingerprint density at radius 3 is 2.25 bits per heavy atom. The Labute approximate surface area is 105 Å². The van der Waals surface area contributed by atoms with E-state index in [0.29, 0.717) is 5.92 Å². The van der Waals surface area contributed by atoms with Gasteiger partial charge in [-0.3, -0.25) is 0 Å². The molecule has 0 radical (unpaired) electrons. The first kappa shape index (κ1) is 14.3. The number of hydrogen-bond donors (Lipinski definition) is 0. The van der Waals surface area contributed by atoms with E-state index in [-0.39, 0.29) is 11.1 Å². The molecule has 1 aliphatic rings. The molecule has 2 atom stereocenters. The Morgan fingerprint density at radius 1 is 1.19 bits per heavy atom. The summed E-state index contributed by atoms with van der Waals surface area (Å²) in [6, 6.07) is 0. The largest absolute Gasteiger partial charge is 0.228 e. The summed E-state index contributed by atoms with van der Waals surface area (Å²) in [5, 5.41) is 0.184. The van der Waals surface area contributed by atoms with Crippen LogP contribution in [0.25, 0.3) is 0 Å². The Morgan fingerprint density at radius 2 is 1.75 bits per heavy atom. The van der Waals surface area contributed by atoms with Crippen molar-refractivity contribution in [1.29, 1.82) is 0 Å². The number of halogens is 1. The second-order valence-corrected chi connectivity index (χ2v) is 9.20. The van der Waals surface area contributed by atoms with Crippen LogP contribution in [0, 0.1) is 5.92 Å². The number of rotatable bonds is 3. The molecular weight excluding hydrogens is 244 g/mol. The molecule has 1 aliphatic carbocycles. The molecule has 96 valence electrons. The van der Waals surface area contributed by atoms with Gasteiger partial charge >= 0.3 is 0 Å². The van der Waals surface area contributed by atoms with Gasteiger partial charge in [-0.1, -0.05) is 12.8 Å². The number of sulfone groups is 1. The van der Waals surface area contributed by atoms with Crippen LogP contribution in [0.4, 0.5) is 0 Å². The van der Waals surface area contributed by atoms with E-state index in [1.54, 1.807) is 20.8 Å². The van der Waals surface area contributed by atoms with Crippen molar-refractivity contribution < 1.29 is 8.42 Å². The molecule has 16 heavy (non-hydrogen) atoms. The fourth-order valence-corrected chi connectivity index (χ4v) is 3.73. The zero-order chi connectivity index (χ0) is 12.4. The molecule has 0 aliphatic heterocycles. The molecule has 0 aromatic carbocycles. The first-order valence-corrected chi connectivity index (χ1v) is 8.19. The second kappa shape index (κ2) is 5.26. The molecule has 0 N–H and O–H groups in total. The van der Waals surface area contributed by atoms with Gasteiger partial charge in [-0.2, -0.15) is 0 Å². The van der Waals surface area contributed by atoms with Gasteiger partial charge in [-0.05, 0) is 46.0 Å². The Hall–Kier alpha value is 0.240. The van der Waals surface area contributed by atoms with Crippen LogP contribution in [0.3, 0.4) is 0 Å². The van der Waals surface area contributed by atoms with Crippen molar-refractivity contribution >= 4 is 21.4 Å². The maximum absolute atomic E-state index is 12.0. The molecule has 0 bridgehead atoms. The third kappa shape index (κ3) is 3.63. The van der Waals surface area contributed by atoms with Crippen LogP contribution in [0.5, 0.6) is 0 Å². The first-order chi connectivity index (χ1) is 7.24. The molecule has 1 fully saturated rings. The van der Waals surface area contributed by atoms with Gasteiger partial charge in [0.2, 0.25) is 0 Å². The summed E-state index contributed by atoms with van der Waals surface area (Å²) >= 11 is 6.23. The van der Waals surface area contributed by atoms with Gasteiger partial charge < -0.3 is 0 Å². The zero-order valence-corrected chi connectivity index (χ0v) is 12.1. The molecule has 4 heteroatoms. The lowest BCUT2D eigenvalue weighted by Crippen LogP contribution is -2.32. The average Bonchev–Trinajstić information content (AvgIpc) is 2.15. The predicted molar refractivity (Wildman–Crippen MR) is 69.8 cm³/mol. The van der Waals surface area contributed by atoms with Crippen LogP contribution in [0.15, 0.2) is 0 Å². The molecule has 0 heterocycles. The third-order valence-electron chi connectivity index (χ3n) is 3.51. The van der Waals surface area contributed by atoms with Crippen LogP contribution in [-0.4, -0.2) is 24.3 Å². The van der Waals surface area contributed by atoms with Gasteiger partial charge in [0, 0.05) is 5.38 Å². The fourth-order valence-electron chi connectivity index (χ4n) is 2.10. The van der Waals surface area contributed by atoms with Crippen molar-refractivity contribution in [1.82, 2.24) is 0 Å². The SMILES string of the molecule is CC(C)(C)S(=O)(=O)CCC1CCCCC1Cl. The van der Waals surface area contributed by atoms with Gasteiger partial charge in [0.1, 0.15) is 0 Å². The summed E-state index contributed by atoms with van der Waals surface area (Å²) < 4.78 is 23.3. The van der Waals surface area contributed by atoms with Crippen LogP contribution in [-0.2, 0) is 9.84 Å². The zero-order valence-electron chi connectivity index (χ0n) is 10.5. The van der Waals surface area contributed by atoms with E-state index in [9.17, 15) is 8.42 Å². The normalized spacial score (nSPS) is 28.0. The summed E-state index contributed by atoms with van der Waals surface area (Å²) in [6.07, 6.45) is 5.25. The van der Waals surface area contributed by atoms with E-state index in [0.717, 1.165) is 19.3 Å². The monoisotopic (exact) mass is 266 g/mol. The van der Waals surface area contributed by atoms with Crippen LogP contribution < -0.4 is 0 Å². The lowest BCUT2D eigenvalue weighted by atomic mass is 9.87. The van der Waals surface area contributed by atoms with Crippen molar-refractivity contribution in [3.05, 3.63) is 0 Å². The van der Waals surface area contributed by atoms with Gasteiger partial charge in [0.05, 0.1) is 10.5 Å². The van der Waals surface area contributed by atoms with Crippen molar-refractivity contribution in [2.75, 3.05) is 5.75 Å². The molecule has 0 spiro atoms. The number of hydrogen-bond acceptors (Lipinski definition) is 2. The second-order valence-electron chi connectivity index (χ2n) is 5.78. The Bertz CT molecular complexity index is 316. The highest BCUT2D eigenvalue weighted by atomic mass is 35.5. The molecule has 0 aromatic heterocycles. The topological polar surface area (TPSA) is 34.1 Å². The van der Waals surface area contributed by atoms with Crippen molar-refractivity contribution in [3.63, 3.8) is 0 Å². The maximum Gasteiger partial charge on any atom is 0.155 e. The standard InChI is InChI=1S/C12H23ClO2S/c1-12(2,3)16(14,15)9-8-10-6-4-5-7-11(10)13/h10-11H,4-9H2,1-3H3. The van der Waals surface area contributed by atoms with Gasteiger partial charge in [-0.25, -0.2) is 8.42 Å². The van der Waals surface area contributed by atoms with Gasteiger partial charge in [-0.15, -0.1) is 11.6 Å². The average molecular weight is 267 g/mol. The summed E-state index contributed by atoms with van der Waals surface area (Å²) in [5.41, 5.74) is 0. The van der Waals surface area contributed by atoms with E-state index in [4.69, 9.17) is 11.6 Å². The molecule has 2 nitrogen and oxygen atoms in total. The smallest absolute Gasteiger partial charge is 0.155 e. The summed E-state index contributed by atoms with van der Waals surface area (Å²) in [5.74, 6) is 0.678. The predicted octanol–water partition coefficient (Wildman–Crippen LogP) is 3.39. The molecular formula is C12H23ClO2S. The van der Waals surface area contributed by atoms with E-state index in [1.165, 1.54) is 12.8 Å². The van der Waals surface area contributed by atoms with Crippen molar-refractivity contribution in [2.45, 2.75) is 63.0 Å². The lowest BCUT2D eigenvalue weighted by Gasteiger charge is -2.28.